The molecule has 0 fully saturated rings. The molecule has 0 atom stereocenters. The zero-order chi connectivity index (χ0) is 15.2. The van der Waals surface area contributed by atoms with Crippen molar-refractivity contribution < 1.29 is 17.9 Å². The highest BCUT2D eigenvalue weighted by Gasteiger charge is 2.17. The maximum absolute atomic E-state index is 12.1. The van der Waals surface area contributed by atoms with Crippen LogP contribution in [0.4, 0.5) is 5.69 Å². The van der Waals surface area contributed by atoms with Crippen molar-refractivity contribution in [1.29, 1.82) is 0 Å². The molecule has 0 saturated carbocycles. The molecule has 0 aliphatic rings. The molecule has 0 saturated heterocycles. The van der Waals surface area contributed by atoms with Crippen LogP contribution in [0.25, 0.3) is 0 Å². The molecule has 0 bridgehead atoms. The van der Waals surface area contributed by atoms with Crippen LogP contribution in [0.3, 0.4) is 0 Å². The first kappa shape index (κ1) is 16.9. The van der Waals surface area contributed by atoms with Crippen LogP contribution in [0.1, 0.15) is 19.8 Å². The molecule has 0 amide bonds. The zero-order valence-electron chi connectivity index (χ0n) is 11.1. The highest BCUT2D eigenvalue weighted by molar-refractivity contribution is 9.10. The third-order valence-electron chi connectivity index (χ3n) is 2.40. The van der Waals surface area contributed by atoms with E-state index in [2.05, 4.69) is 20.7 Å². The van der Waals surface area contributed by atoms with Crippen molar-refractivity contribution in [1.82, 2.24) is 4.72 Å². The molecule has 3 N–H and O–H groups in total. The van der Waals surface area contributed by atoms with Gasteiger partial charge < -0.3 is 10.5 Å². The number of ether oxygens (including phenoxy) is 1. The Morgan fingerprint density at radius 1 is 1.45 bits per heavy atom. The largest absolute Gasteiger partial charge is 0.466 e. The van der Waals surface area contributed by atoms with E-state index in [0.29, 0.717) is 23.2 Å². The van der Waals surface area contributed by atoms with Crippen molar-refractivity contribution in [2.45, 2.75) is 24.7 Å². The summed E-state index contributed by atoms with van der Waals surface area (Å²) in [5.74, 6) is -0.336. The van der Waals surface area contributed by atoms with Crippen LogP contribution in [0.15, 0.2) is 27.6 Å². The van der Waals surface area contributed by atoms with Crippen molar-refractivity contribution in [3.63, 3.8) is 0 Å². The van der Waals surface area contributed by atoms with Gasteiger partial charge in [-0.05, 0) is 47.5 Å². The quantitative estimate of drug-likeness (QED) is 0.435. The standard InChI is InChI=1S/C12H17BrN2O4S/c1-2-19-12(16)4-3-7-15-20(17,18)11-8-9(14)5-6-10(11)13/h5-6,8,15H,2-4,7,14H2,1H3. The fraction of sp³-hybridized carbons (Fsp3) is 0.417. The predicted molar refractivity (Wildman–Crippen MR) is 79.6 cm³/mol. The summed E-state index contributed by atoms with van der Waals surface area (Å²) in [5.41, 5.74) is 5.94. The Morgan fingerprint density at radius 3 is 2.80 bits per heavy atom. The smallest absolute Gasteiger partial charge is 0.305 e. The summed E-state index contributed by atoms with van der Waals surface area (Å²) in [6.45, 7) is 2.20. The molecule has 0 unspecified atom stereocenters. The molecule has 20 heavy (non-hydrogen) atoms. The van der Waals surface area contributed by atoms with E-state index >= 15 is 0 Å². The van der Waals surface area contributed by atoms with Crippen LogP contribution < -0.4 is 10.5 Å². The third-order valence-corrected chi connectivity index (χ3v) is 4.85. The number of benzene rings is 1. The van der Waals surface area contributed by atoms with Gasteiger partial charge in [0, 0.05) is 23.1 Å². The Balaban J connectivity index is 2.58. The number of nitrogens with two attached hydrogens (primary N) is 1. The summed E-state index contributed by atoms with van der Waals surface area (Å²) in [6.07, 6.45) is 0.548. The molecular formula is C12H17BrN2O4S. The molecule has 0 heterocycles. The summed E-state index contributed by atoms with van der Waals surface area (Å²) in [6, 6.07) is 4.55. The van der Waals surface area contributed by atoms with Gasteiger partial charge in [0.1, 0.15) is 0 Å². The molecule has 0 aliphatic heterocycles. The number of nitrogens with one attached hydrogen (secondary N) is 1. The second kappa shape index (κ2) is 7.61. The second-order valence-corrected chi connectivity index (χ2v) is 6.59. The van der Waals surface area contributed by atoms with Gasteiger partial charge in [0.15, 0.2) is 0 Å². The Bertz CT molecular complexity index is 575. The lowest BCUT2D eigenvalue weighted by atomic mass is 10.3. The zero-order valence-corrected chi connectivity index (χ0v) is 13.5. The van der Waals surface area contributed by atoms with Gasteiger partial charge in [0.25, 0.3) is 0 Å². The summed E-state index contributed by atoms with van der Waals surface area (Å²) < 4.78 is 31.7. The SMILES string of the molecule is CCOC(=O)CCCNS(=O)(=O)c1cc(N)ccc1Br. The molecule has 0 aliphatic carbocycles. The number of esters is 1. The molecule has 8 heteroatoms. The summed E-state index contributed by atoms with van der Waals surface area (Å²) in [5, 5.41) is 0. The van der Waals surface area contributed by atoms with E-state index in [-0.39, 0.29) is 23.8 Å². The monoisotopic (exact) mass is 364 g/mol. The summed E-state index contributed by atoms with van der Waals surface area (Å²) in [4.78, 5) is 11.2. The van der Waals surface area contributed by atoms with E-state index in [0.717, 1.165) is 0 Å². The van der Waals surface area contributed by atoms with Crippen molar-refractivity contribution >= 4 is 37.6 Å². The molecule has 0 radical (unpaired) electrons. The minimum absolute atomic E-state index is 0.0774. The van der Waals surface area contributed by atoms with Gasteiger partial charge in [0.2, 0.25) is 10.0 Å². The summed E-state index contributed by atoms with van der Waals surface area (Å²) in [7, 11) is -3.65. The van der Waals surface area contributed by atoms with Crippen molar-refractivity contribution in [2.75, 3.05) is 18.9 Å². The molecule has 1 aromatic carbocycles. The number of carbonyl (C=O) groups excluding carboxylic acids is 1. The van der Waals surface area contributed by atoms with Gasteiger partial charge >= 0.3 is 5.97 Å². The highest BCUT2D eigenvalue weighted by Crippen LogP contribution is 2.23. The molecule has 1 aromatic rings. The molecule has 0 aromatic heterocycles. The Labute approximate surface area is 126 Å². The van der Waals surface area contributed by atoms with Crippen molar-refractivity contribution in [3.8, 4) is 0 Å². The van der Waals surface area contributed by atoms with Gasteiger partial charge in [-0.25, -0.2) is 13.1 Å². The topological polar surface area (TPSA) is 98.5 Å². The van der Waals surface area contributed by atoms with Crippen LogP contribution in [-0.2, 0) is 19.6 Å². The van der Waals surface area contributed by atoms with Crippen LogP contribution in [-0.4, -0.2) is 27.5 Å². The average Bonchev–Trinajstić information content (AvgIpc) is 2.38. The maximum atomic E-state index is 12.1. The van der Waals surface area contributed by atoms with Crippen LogP contribution in [0.2, 0.25) is 0 Å². The van der Waals surface area contributed by atoms with E-state index in [1.54, 1.807) is 19.1 Å². The van der Waals surface area contributed by atoms with Gasteiger partial charge in [0.05, 0.1) is 11.5 Å². The number of nitrogen functional groups attached to an aromatic ring is 1. The Morgan fingerprint density at radius 2 is 2.15 bits per heavy atom. The first-order chi connectivity index (χ1) is 9.36. The second-order valence-electron chi connectivity index (χ2n) is 4.00. The number of carbonyl (C=O) groups is 1. The molecule has 112 valence electrons. The fourth-order valence-electron chi connectivity index (χ4n) is 1.48. The van der Waals surface area contributed by atoms with Crippen LogP contribution >= 0.6 is 15.9 Å². The predicted octanol–water partition coefficient (Wildman–Crippen LogP) is 1.65. The van der Waals surface area contributed by atoms with Crippen molar-refractivity contribution in [2.24, 2.45) is 0 Å². The van der Waals surface area contributed by atoms with E-state index in [1.807, 2.05) is 0 Å². The maximum Gasteiger partial charge on any atom is 0.305 e. The number of halogens is 1. The molecule has 6 nitrogen and oxygen atoms in total. The van der Waals surface area contributed by atoms with Crippen LogP contribution in [0.5, 0.6) is 0 Å². The number of anilines is 1. The summed E-state index contributed by atoms with van der Waals surface area (Å²) >= 11 is 3.17. The molecule has 1 rings (SSSR count). The normalized spacial score (nSPS) is 11.3. The third kappa shape index (κ3) is 5.10. The lowest BCUT2D eigenvalue weighted by Gasteiger charge is -2.09. The molecule has 0 spiro atoms. The number of rotatable bonds is 7. The Hall–Kier alpha value is -1.12. The minimum Gasteiger partial charge on any atom is -0.466 e. The van der Waals surface area contributed by atoms with Gasteiger partial charge in [-0.1, -0.05) is 0 Å². The lowest BCUT2D eigenvalue weighted by molar-refractivity contribution is -0.143. The first-order valence-electron chi connectivity index (χ1n) is 6.07. The number of hydrogen-bond donors (Lipinski definition) is 2. The average molecular weight is 365 g/mol. The van der Waals surface area contributed by atoms with Gasteiger partial charge in [-0.2, -0.15) is 0 Å². The Kier molecular flexibility index (Phi) is 6.44. The lowest BCUT2D eigenvalue weighted by Crippen LogP contribution is -2.25. The van der Waals surface area contributed by atoms with E-state index in [4.69, 9.17) is 10.5 Å². The van der Waals surface area contributed by atoms with E-state index < -0.39 is 10.0 Å². The van der Waals surface area contributed by atoms with E-state index in [1.165, 1.54) is 6.07 Å². The number of sulfonamides is 1. The van der Waals surface area contributed by atoms with E-state index in [9.17, 15) is 13.2 Å². The highest BCUT2D eigenvalue weighted by atomic mass is 79.9. The van der Waals surface area contributed by atoms with Crippen LogP contribution in [0, 0.1) is 0 Å². The fourth-order valence-corrected chi connectivity index (χ4v) is 3.55. The molecular weight excluding hydrogens is 348 g/mol. The van der Waals surface area contributed by atoms with Gasteiger partial charge in [-0.3, -0.25) is 4.79 Å². The van der Waals surface area contributed by atoms with Gasteiger partial charge in [-0.15, -0.1) is 0 Å². The van der Waals surface area contributed by atoms with Crippen molar-refractivity contribution in [3.05, 3.63) is 22.7 Å². The number of hydrogen-bond acceptors (Lipinski definition) is 5. The first-order valence-corrected chi connectivity index (χ1v) is 8.34. The minimum atomic E-state index is -3.65.